The zero-order chi connectivity index (χ0) is 21.0. The van der Waals surface area contributed by atoms with E-state index in [2.05, 4.69) is 15.3 Å². The average molecular weight is 418 g/mol. The molecule has 0 saturated heterocycles. The van der Waals surface area contributed by atoms with Crippen LogP contribution in [0.5, 0.6) is 0 Å². The van der Waals surface area contributed by atoms with Crippen LogP contribution < -0.4 is 11.1 Å². The number of rotatable bonds is 5. The van der Waals surface area contributed by atoms with Crippen molar-refractivity contribution in [2.75, 3.05) is 11.9 Å². The minimum Gasteiger partial charge on any atom is -0.368 e. The Labute approximate surface area is 170 Å². The Morgan fingerprint density at radius 2 is 1.83 bits per heavy atom. The number of nitrogens with two attached hydrogens (primary N) is 1. The Hall–Kier alpha value is -3.15. The van der Waals surface area contributed by atoms with Gasteiger partial charge in [0.05, 0.1) is 27.9 Å². The molecule has 2 aromatic carbocycles. The molecule has 0 aliphatic heterocycles. The summed E-state index contributed by atoms with van der Waals surface area (Å²) >= 11 is 5.78. The number of aromatic nitrogens is 2. The first kappa shape index (κ1) is 20.6. The highest BCUT2D eigenvalue weighted by Gasteiger charge is 2.33. The SMILES string of the molecule is N#Cc1ccc([C@@H](N)CNc2cc(-c3ccc(C(F)(F)F)c(Cl)c3)ncn2)cc1. The summed E-state index contributed by atoms with van der Waals surface area (Å²) in [6.07, 6.45) is -3.22. The van der Waals surface area contributed by atoms with Gasteiger partial charge in [0.1, 0.15) is 12.1 Å². The predicted molar refractivity (Wildman–Crippen MR) is 104 cm³/mol. The predicted octanol–water partition coefficient (Wildman–Crippen LogP) is 4.80. The van der Waals surface area contributed by atoms with Crippen LogP contribution in [0.15, 0.2) is 54.9 Å². The normalized spacial score (nSPS) is 12.3. The number of nitrogens with zero attached hydrogens (tertiary/aromatic N) is 3. The molecule has 0 radical (unpaired) electrons. The van der Waals surface area contributed by atoms with E-state index in [4.69, 9.17) is 22.6 Å². The molecule has 0 bridgehead atoms. The molecular formula is C20H15ClF3N5. The van der Waals surface area contributed by atoms with Crippen LogP contribution in [-0.2, 0) is 6.18 Å². The second kappa shape index (κ2) is 8.47. The van der Waals surface area contributed by atoms with Gasteiger partial charge in [0, 0.05) is 24.2 Å². The standard InChI is InChI=1S/C20H15ClF3N5/c21-16-7-14(5-6-15(16)20(22,23)24)18-8-19(29-11-28-18)27-10-17(26)13-3-1-12(9-25)2-4-13/h1-8,11,17H,10,26H2,(H,27,28,29)/t17-/m0/s1. The maximum Gasteiger partial charge on any atom is 0.417 e. The minimum atomic E-state index is -4.52. The topological polar surface area (TPSA) is 87.6 Å². The highest BCUT2D eigenvalue weighted by atomic mass is 35.5. The number of nitriles is 1. The van der Waals surface area contributed by atoms with Gasteiger partial charge in [-0.25, -0.2) is 9.97 Å². The van der Waals surface area contributed by atoms with E-state index in [9.17, 15) is 13.2 Å². The number of alkyl halides is 3. The second-order valence-electron chi connectivity index (χ2n) is 6.20. The Balaban J connectivity index is 1.72. The van der Waals surface area contributed by atoms with Gasteiger partial charge >= 0.3 is 6.18 Å². The molecule has 1 atom stereocenters. The lowest BCUT2D eigenvalue weighted by atomic mass is 10.1. The molecule has 0 saturated carbocycles. The summed E-state index contributed by atoms with van der Waals surface area (Å²) < 4.78 is 38.6. The molecule has 9 heteroatoms. The van der Waals surface area contributed by atoms with E-state index in [1.165, 1.54) is 18.5 Å². The average Bonchev–Trinajstić information content (AvgIpc) is 2.71. The van der Waals surface area contributed by atoms with Gasteiger partial charge in [-0.05, 0) is 29.8 Å². The molecule has 0 fully saturated rings. The molecule has 0 spiro atoms. The van der Waals surface area contributed by atoms with Crippen LogP contribution in [0.2, 0.25) is 5.02 Å². The fourth-order valence-corrected chi connectivity index (χ4v) is 2.94. The molecule has 148 valence electrons. The zero-order valence-corrected chi connectivity index (χ0v) is 15.7. The van der Waals surface area contributed by atoms with E-state index in [0.29, 0.717) is 29.2 Å². The third-order valence-corrected chi connectivity index (χ3v) is 4.52. The molecular weight excluding hydrogens is 403 g/mol. The number of halogens is 4. The molecule has 29 heavy (non-hydrogen) atoms. The second-order valence-corrected chi connectivity index (χ2v) is 6.61. The fraction of sp³-hybridized carbons (Fsp3) is 0.150. The number of benzene rings is 2. The van der Waals surface area contributed by atoms with Gasteiger partial charge in [-0.2, -0.15) is 18.4 Å². The summed E-state index contributed by atoms with van der Waals surface area (Å²) in [5.74, 6) is 0.468. The van der Waals surface area contributed by atoms with Crippen molar-refractivity contribution in [2.45, 2.75) is 12.2 Å². The van der Waals surface area contributed by atoms with Gasteiger partial charge in [0.2, 0.25) is 0 Å². The molecule has 1 heterocycles. The Kier molecular flexibility index (Phi) is 6.01. The van der Waals surface area contributed by atoms with Crippen LogP contribution in [-0.4, -0.2) is 16.5 Å². The first-order valence-corrected chi connectivity index (χ1v) is 8.84. The Bertz CT molecular complexity index is 1050. The summed E-state index contributed by atoms with van der Waals surface area (Å²) in [5.41, 5.74) is 7.50. The molecule has 3 aromatic rings. The summed E-state index contributed by atoms with van der Waals surface area (Å²) in [6.45, 7) is 0.357. The molecule has 0 amide bonds. The molecule has 0 unspecified atom stereocenters. The lowest BCUT2D eigenvalue weighted by molar-refractivity contribution is -0.137. The van der Waals surface area contributed by atoms with E-state index in [-0.39, 0.29) is 6.04 Å². The van der Waals surface area contributed by atoms with E-state index in [1.807, 2.05) is 6.07 Å². The van der Waals surface area contributed by atoms with Crippen molar-refractivity contribution in [1.29, 1.82) is 5.26 Å². The molecule has 0 aliphatic carbocycles. The van der Waals surface area contributed by atoms with Crippen molar-refractivity contribution in [3.05, 3.63) is 76.6 Å². The van der Waals surface area contributed by atoms with Gasteiger partial charge in [0.15, 0.2) is 0 Å². The number of anilines is 1. The third kappa shape index (κ3) is 5.02. The van der Waals surface area contributed by atoms with Crippen LogP contribution in [0.4, 0.5) is 19.0 Å². The van der Waals surface area contributed by atoms with Crippen molar-refractivity contribution in [2.24, 2.45) is 5.73 Å². The van der Waals surface area contributed by atoms with Gasteiger partial charge in [0.25, 0.3) is 0 Å². The van der Waals surface area contributed by atoms with Gasteiger partial charge < -0.3 is 11.1 Å². The highest BCUT2D eigenvalue weighted by molar-refractivity contribution is 6.31. The summed E-state index contributed by atoms with van der Waals surface area (Å²) in [5, 5.41) is 11.5. The Morgan fingerprint density at radius 3 is 2.45 bits per heavy atom. The number of hydrogen-bond acceptors (Lipinski definition) is 5. The zero-order valence-electron chi connectivity index (χ0n) is 14.9. The van der Waals surface area contributed by atoms with Crippen molar-refractivity contribution >= 4 is 17.4 Å². The quantitative estimate of drug-likeness (QED) is 0.622. The van der Waals surface area contributed by atoms with Gasteiger partial charge in [-0.3, -0.25) is 0 Å². The lowest BCUT2D eigenvalue weighted by Crippen LogP contribution is -2.21. The van der Waals surface area contributed by atoms with Crippen LogP contribution in [0.1, 0.15) is 22.7 Å². The van der Waals surface area contributed by atoms with Crippen molar-refractivity contribution in [3.63, 3.8) is 0 Å². The number of nitrogens with one attached hydrogen (secondary N) is 1. The van der Waals surface area contributed by atoms with E-state index >= 15 is 0 Å². The van der Waals surface area contributed by atoms with Crippen LogP contribution in [0.25, 0.3) is 11.3 Å². The van der Waals surface area contributed by atoms with Crippen LogP contribution in [0.3, 0.4) is 0 Å². The van der Waals surface area contributed by atoms with E-state index in [1.54, 1.807) is 30.3 Å². The smallest absolute Gasteiger partial charge is 0.368 e. The molecule has 1 aromatic heterocycles. The molecule has 3 rings (SSSR count). The largest absolute Gasteiger partial charge is 0.417 e. The number of hydrogen-bond donors (Lipinski definition) is 2. The van der Waals surface area contributed by atoms with E-state index in [0.717, 1.165) is 11.6 Å². The minimum absolute atomic E-state index is 0.346. The van der Waals surface area contributed by atoms with Crippen LogP contribution in [0, 0.1) is 11.3 Å². The van der Waals surface area contributed by atoms with Crippen molar-refractivity contribution < 1.29 is 13.2 Å². The van der Waals surface area contributed by atoms with Crippen molar-refractivity contribution in [1.82, 2.24) is 9.97 Å². The van der Waals surface area contributed by atoms with E-state index < -0.39 is 16.8 Å². The summed E-state index contributed by atoms with van der Waals surface area (Å²) in [7, 11) is 0. The third-order valence-electron chi connectivity index (χ3n) is 4.21. The lowest BCUT2D eigenvalue weighted by Gasteiger charge is -2.14. The van der Waals surface area contributed by atoms with Crippen LogP contribution >= 0.6 is 11.6 Å². The molecule has 3 N–H and O–H groups in total. The van der Waals surface area contributed by atoms with Gasteiger partial charge in [-0.1, -0.05) is 29.8 Å². The molecule has 5 nitrogen and oxygen atoms in total. The van der Waals surface area contributed by atoms with Crippen molar-refractivity contribution in [3.8, 4) is 17.3 Å². The van der Waals surface area contributed by atoms with Gasteiger partial charge in [-0.15, -0.1) is 0 Å². The fourth-order valence-electron chi connectivity index (χ4n) is 2.65. The monoisotopic (exact) mass is 417 g/mol. The summed E-state index contributed by atoms with van der Waals surface area (Å²) in [6, 6.07) is 13.7. The maximum absolute atomic E-state index is 12.9. The maximum atomic E-state index is 12.9. The summed E-state index contributed by atoms with van der Waals surface area (Å²) in [4.78, 5) is 8.20. The Morgan fingerprint density at radius 1 is 1.10 bits per heavy atom. The first-order valence-electron chi connectivity index (χ1n) is 8.46. The molecule has 0 aliphatic rings. The first-order chi connectivity index (χ1) is 13.8. The highest BCUT2D eigenvalue weighted by Crippen LogP contribution is 2.36.